The van der Waals surface area contributed by atoms with E-state index in [1.165, 1.54) is 0 Å². The first-order valence-corrected chi connectivity index (χ1v) is 6.14. The van der Waals surface area contributed by atoms with Crippen LogP contribution in [0.5, 0.6) is 0 Å². The summed E-state index contributed by atoms with van der Waals surface area (Å²) in [5.41, 5.74) is 0. The number of halogens is 3. The van der Waals surface area contributed by atoms with Crippen molar-refractivity contribution in [2.75, 3.05) is 19.5 Å². The third-order valence-electron chi connectivity index (χ3n) is 2.51. The standard InChI is InChI=1S/C11H24BF3N.K/c1-10(2)5-7-16(8-6-11(3)4)9-12(13,14)15;/h10-11H,5-9H2,1-4H3;/q-1;+1. The van der Waals surface area contributed by atoms with Crippen molar-refractivity contribution in [3.8, 4) is 0 Å². The maximum Gasteiger partial charge on any atom is 1.00 e. The summed E-state index contributed by atoms with van der Waals surface area (Å²) in [6.45, 7) is 4.60. The van der Waals surface area contributed by atoms with Crippen LogP contribution in [0.1, 0.15) is 40.5 Å². The molecule has 0 unspecified atom stereocenters. The summed E-state index contributed by atoms with van der Waals surface area (Å²) >= 11 is 0. The first kappa shape index (κ1) is 20.8. The molecule has 0 heterocycles. The molecule has 0 saturated carbocycles. The summed E-state index contributed by atoms with van der Waals surface area (Å²) in [4.78, 5) is 1.56. The summed E-state index contributed by atoms with van der Waals surface area (Å²) in [5, 5.41) is 0. The second-order valence-electron chi connectivity index (χ2n) is 5.38. The van der Waals surface area contributed by atoms with Gasteiger partial charge in [-0.3, -0.25) is 0 Å². The fourth-order valence-corrected chi connectivity index (χ4v) is 1.47. The molecule has 0 amide bonds. The molecule has 0 N–H and O–H groups in total. The molecule has 0 spiro atoms. The van der Waals surface area contributed by atoms with Crippen LogP contribution in [0.3, 0.4) is 0 Å². The van der Waals surface area contributed by atoms with Gasteiger partial charge in [0.2, 0.25) is 0 Å². The van der Waals surface area contributed by atoms with Gasteiger partial charge in [0.25, 0.3) is 0 Å². The largest absolute Gasteiger partial charge is 1.00 e. The molecule has 0 rings (SSSR count). The Bertz CT molecular complexity index is 174. The van der Waals surface area contributed by atoms with Crippen LogP contribution in [0.15, 0.2) is 0 Å². The number of nitrogens with zero attached hydrogens (tertiary/aromatic N) is 1. The van der Waals surface area contributed by atoms with Crippen molar-refractivity contribution in [1.82, 2.24) is 4.90 Å². The SMILES string of the molecule is CC(C)CCN(CCC(C)C)C[B-](F)(F)F.[K+]. The molecule has 0 bridgehead atoms. The molecule has 0 aliphatic heterocycles. The number of hydrogen-bond acceptors (Lipinski definition) is 1. The van der Waals surface area contributed by atoms with E-state index in [4.69, 9.17) is 0 Å². The van der Waals surface area contributed by atoms with Gasteiger partial charge in [0, 0.05) is 0 Å². The van der Waals surface area contributed by atoms with Gasteiger partial charge in [-0.2, -0.15) is 0 Å². The van der Waals surface area contributed by atoms with Gasteiger partial charge in [-0.1, -0.05) is 27.7 Å². The van der Waals surface area contributed by atoms with Gasteiger partial charge in [0.1, 0.15) is 0 Å². The van der Waals surface area contributed by atoms with Gasteiger partial charge in [0.05, 0.1) is 0 Å². The smallest absolute Gasteiger partial charge is 0.448 e. The Kier molecular flexibility index (Phi) is 12.5. The van der Waals surface area contributed by atoms with E-state index in [-0.39, 0.29) is 51.4 Å². The van der Waals surface area contributed by atoms with Crippen molar-refractivity contribution in [2.24, 2.45) is 11.8 Å². The van der Waals surface area contributed by atoms with Gasteiger partial charge in [-0.25, -0.2) is 0 Å². The molecule has 0 aliphatic carbocycles. The summed E-state index contributed by atoms with van der Waals surface area (Å²) in [6.07, 6.45) is 0.966. The first-order chi connectivity index (χ1) is 7.20. The second kappa shape index (κ2) is 10.3. The fourth-order valence-electron chi connectivity index (χ4n) is 1.47. The van der Waals surface area contributed by atoms with Gasteiger partial charge < -0.3 is 17.8 Å². The Hall–Kier alpha value is 1.45. The first-order valence-electron chi connectivity index (χ1n) is 6.14. The molecule has 0 fully saturated rings. The minimum atomic E-state index is -4.69. The number of hydrogen-bond donors (Lipinski definition) is 0. The Labute approximate surface area is 146 Å². The second-order valence-corrected chi connectivity index (χ2v) is 5.38. The molecule has 0 aromatic rings. The van der Waals surface area contributed by atoms with Crippen molar-refractivity contribution in [2.45, 2.75) is 40.5 Å². The molecule has 0 aromatic carbocycles. The summed E-state index contributed by atoms with van der Waals surface area (Å²) in [6, 6.07) is 0. The third-order valence-corrected chi connectivity index (χ3v) is 2.51. The molecule has 1 nitrogen and oxygen atoms in total. The molecule has 98 valence electrons. The molecule has 0 radical (unpaired) electrons. The summed E-state index contributed by atoms with van der Waals surface area (Å²) < 4.78 is 37.1. The summed E-state index contributed by atoms with van der Waals surface area (Å²) in [5.74, 6) is 0.921. The molecule has 0 aromatic heterocycles. The van der Waals surface area contributed by atoms with Crippen molar-refractivity contribution in [3.05, 3.63) is 0 Å². The van der Waals surface area contributed by atoms with E-state index in [1.807, 2.05) is 27.7 Å². The maximum atomic E-state index is 12.4. The van der Waals surface area contributed by atoms with Gasteiger partial charge in [0.15, 0.2) is 0 Å². The Morgan fingerprint density at radius 2 is 1.24 bits per heavy atom. The molecule has 0 atom stereocenters. The normalized spacial score (nSPS) is 12.4. The average Bonchev–Trinajstić information content (AvgIpc) is 2.07. The Morgan fingerprint density at radius 1 is 0.882 bits per heavy atom. The van der Waals surface area contributed by atoms with E-state index in [0.29, 0.717) is 24.9 Å². The molecular weight excluding hydrogens is 253 g/mol. The minimum absolute atomic E-state index is 0. The summed E-state index contributed by atoms with van der Waals surface area (Å²) in [7, 11) is 0. The van der Waals surface area contributed by atoms with Gasteiger partial charge in [-0.15, -0.1) is 0 Å². The molecule has 17 heavy (non-hydrogen) atoms. The topological polar surface area (TPSA) is 3.24 Å². The van der Waals surface area contributed by atoms with Gasteiger partial charge >= 0.3 is 58.4 Å². The molecule has 6 heteroatoms. The number of rotatable bonds is 8. The Balaban J connectivity index is 0. The van der Waals surface area contributed by atoms with Crippen molar-refractivity contribution in [3.63, 3.8) is 0 Å². The van der Waals surface area contributed by atoms with E-state index < -0.39 is 13.4 Å². The van der Waals surface area contributed by atoms with Crippen molar-refractivity contribution >= 4 is 6.98 Å². The van der Waals surface area contributed by atoms with Crippen LogP contribution in [0.2, 0.25) is 0 Å². The van der Waals surface area contributed by atoms with E-state index in [1.54, 1.807) is 4.90 Å². The van der Waals surface area contributed by atoms with Crippen LogP contribution in [-0.2, 0) is 0 Å². The van der Waals surface area contributed by atoms with E-state index >= 15 is 0 Å². The zero-order valence-electron chi connectivity index (χ0n) is 11.8. The van der Waals surface area contributed by atoms with Crippen molar-refractivity contribution < 1.29 is 64.3 Å². The predicted octanol–water partition coefficient (Wildman–Crippen LogP) is 0.771. The molecular formula is C11H24BF3KN. The van der Waals surface area contributed by atoms with Crippen LogP contribution < -0.4 is 51.4 Å². The maximum absolute atomic E-state index is 12.4. The fraction of sp³-hybridized carbons (Fsp3) is 1.00. The van der Waals surface area contributed by atoms with Gasteiger partial charge in [-0.05, 0) is 44.2 Å². The van der Waals surface area contributed by atoms with Crippen LogP contribution in [0.25, 0.3) is 0 Å². The minimum Gasteiger partial charge on any atom is -0.448 e. The molecule has 0 aliphatic rings. The third kappa shape index (κ3) is 15.4. The van der Waals surface area contributed by atoms with Crippen LogP contribution in [-0.4, -0.2) is 31.4 Å². The molecule has 0 saturated heterocycles. The quantitative estimate of drug-likeness (QED) is 0.592. The predicted molar refractivity (Wildman–Crippen MR) is 64.4 cm³/mol. The average molecular weight is 277 g/mol. The van der Waals surface area contributed by atoms with E-state index in [9.17, 15) is 12.9 Å². The zero-order chi connectivity index (χ0) is 12.8. The zero-order valence-corrected chi connectivity index (χ0v) is 15.0. The monoisotopic (exact) mass is 277 g/mol. The van der Waals surface area contributed by atoms with E-state index in [0.717, 1.165) is 12.8 Å². The van der Waals surface area contributed by atoms with Crippen LogP contribution in [0, 0.1) is 11.8 Å². The van der Waals surface area contributed by atoms with Crippen LogP contribution >= 0.6 is 0 Å². The van der Waals surface area contributed by atoms with Crippen molar-refractivity contribution in [1.29, 1.82) is 0 Å². The van der Waals surface area contributed by atoms with E-state index in [2.05, 4.69) is 0 Å². The Morgan fingerprint density at radius 3 is 1.47 bits per heavy atom. The van der Waals surface area contributed by atoms with Crippen LogP contribution in [0.4, 0.5) is 12.9 Å².